The molecule has 0 saturated heterocycles. The molecular weight excluding hydrogens is 272 g/mol. The van der Waals surface area contributed by atoms with Gasteiger partial charge in [-0.15, -0.1) is 0 Å². The number of fused-ring (bicyclic) bond motifs is 1. The number of ether oxygens (including phenoxy) is 1. The van der Waals surface area contributed by atoms with E-state index in [1.54, 1.807) is 18.2 Å². The zero-order valence-electron chi connectivity index (χ0n) is 10.8. The first-order chi connectivity index (χ1) is 10.1. The lowest BCUT2D eigenvalue weighted by atomic mass is 10.2. The Bertz CT molecular complexity index is 865. The number of para-hydroxylation sites is 1. The third-order valence-corrected chi connectivity index (χ3v) is 2.89. The Balaban J connectivity index is 2.05. The molecule has 5 nitrogen and oxygen atoms in total. The fourth-order valence-corrected chi connectivity index (χ4v) is 1.93. The molecule has 0 atom stereocenters. The standard InChI is InChI=1S/C16H10O5/c17-13-9-15(16(18)19)21-14-7-6-11(8-12(13)14)20-10-4-2-1-3-5-10/h1-9H,(H,18,19). The normalized spacial score (nSPS) is 10.5. The van der Waals surface area contributed by atoms with E-state index in [0.29, 0.717) is 11.5 Å². The SMILES string of the molecule is O=C(O)c1cc(=O)c2cc(Oc3ccccc3)ccc2o1. The van der Waals surface area contributed by atoms with Gasteiger partial charge in [-0.3, -0.25) is 4.79 Å². The summed E-state index contributed by atoms with van der Waals surface area (Å²) in [6.45, 7) is 0. The molecule has 2 aromatic carbocycles. The Hall–Kier alpha value is -3.08. The number of carboxylic acid groups (broad SMARTS) is 1. The molecule has 0 unspecified atom stereocenters. The first-order valence-corrected chi connectivity index (χ1v) is 6.17. The Labute approximate surface area is 119 Å². The first kappa shape index (κ1) is 12.9. The number of carboxylic acids is 1. The molecule has 3 rings (SSSR count). The van der Waals surface area contributed by atoms with Crippen molar-refractivity contribution < 1.29 is 19.1 Å². The summed E-state index contributed by atoms with van der Waals surface area (Å²) in [7, 11) is 0. The van der Waals surface area contributed by atoms with Crippen LogP contribution in [-0.2, 0) is 0 Å². The van der Waals surface area contributed by atoms with Gasteiger partial charge in [0.1, 0.15) is 17.1 Å². The molecule has 0 aliphatic heterocycles. The molecule has 21 heavy (non-hydrogen) atoms. The Kier molecular flexibility index (Phi) is 3.16. The molecule has 1 aromatic heterocycles. The quantitative estimate of drug-likeness (QED) is 0.797. The van der Waals surface area contributed by atoms with E-state index in [4.69, 9.17) is 14.3 Å². The van der Waals surface area contributed by atoms with E-state index in [0.717, 1.165) is 6.07 Å². The fraction of sp³-hybridized carbons (Fsp3) is 0. The van der Waals surface area contributed by atoms with Crippen molar-refractivity contribution in [3.8, 4) is 11.5 Å². The maximum Gasteiger partial charge on any atom is 0.371 e. The summed E-state index contributed by atoms with van der Waals surface area (Å²) in [5.41, 5.74) is -0.215. The van der Waals surface area contributed by atoms with Crippen LogP contribution in [0.5, 0.6) is 11.5 Å². The van der Waals surface area contributed by atoms with Gasteiger partial charge in [0.15, 0.2) is 5.43 Å². The van der Waals surface area contributed by atoms with E-state index in [-0.39, 0.29) is 16.7 Å². The third kappa shape index (κ3) is 2.62. The monoisotopic (exact) mass is 282 g/mol. The smallest absolute Gasteiger partial charge is 0.371 e. The van der Waals surface area contributed by atoms with Crippen molar-refractivity contribution in [1.82, 2.24) is 0 Å². The van der Waals surface area contributed by atoms with E-state index in [9.17, 15) is 9.59 Å². The van der Waals surface area contributed by atoms with Gasteiger partial charge in [-0.25, -0.2) is 4.79 Å². The Morgan fingerprint density at radius 3 is 2.48 bits per heavy atom. The molecule has 0 aliphatic rings. The maximum absolute atomic E-state index is 11.9. The van der Waals surface area contributed by atoms with Gasteiger partial charge < -0.3 is 14.3 Å². The van der Waals surface area contributed by atoms with Crippen LogP contribution in [0.4, 0.5) is 0 Å². The molecule has 1 heterocycles. The summed E-state index contributed by atoms with van der Waals surface area (Å²) in [6.07, 6.45) is 0. The maximum atomic E-state index is 11.9. The molecule has 3 aromatic rings. The van der Waals surface area contributed by atoms with Crippen molar-refractivity contribution in [3.63, 3.8) is 0 Å². The van der Waals surface area contributed by atoms with Crippen LogP contribution >= 0.6 is 0 Å². The molecule has 5 heteroatoms. The molecule has 0 saturated carbocycles. The molecule has 0 radical (unpaired) electrons. The largest absolute Gasteiger partial charge is 0.475 e. The van der Waals surface area contributed by atoms with Crippen molar-refractivity contribution in [2.24, 2.45) is 0 Å². The predicted octanol–water partition coefficient (Wildman–Crippen LogP) is 3.28. The summed E-state index contributed by atoms with van der Waals surface area (Å²) in [6, 6.07) is 14.7. The number of hydrogen-bond donors (Lipinski definition) is 1. The average molecular weight is 282 g/mol. The van der Waals surface area contributed by atoms with Gasteiger partial charge in [0.05, 0.1) is 5.39 Å². The second-order valence-electron chi connectivity index (χ2n) is 4.35. The van der Waals surface area contributed by atoms with Crippen LogP contribution in [0, 0.1) is 0 Å². The number of carbonyl (C=O) groups is 1. The van der Waals surface area contributed by atoms with Crippen molar-refractivity contribution in [1.29, 1.82) is 0 Å². The van der Waals surface area contributed by atoms with Crippen LogP contribution in [-0.4, -0.2) is 11.1 Å². The molecule has 0 aliphatic carbocycles. The molecule has 104 valence electrons. The fourth-order valence-electron chi connectivity index (χ4n) is 1.93. The van der Waals surface area contributed by atoms with Gasteiger partial charge in [-0.05, 0) is 30.3 Å². The molecule has 0 amide bonds. The van der Waals surface area contributed by atoms with Gasteiger partial charge in [0.2, 0.25) is 5.76 Å². The van der Waals surface area contributed by atoms with Gasteiger partial charge in [0, 0.05) is 6.07 Å². The minimum Gasteiger partial charge on any atom is -0.475 e. The highest BCUT2D eigenvalue weighted by atomic mass is 16.5. The van der Waals surface area contributed by atoms with Crippen LogP contribution in [0.15, 0.2) is 63.8 Å². The lowest BCUT2D eigenvalue weighted by Gasteiger charge is -2.06. The van der Waals surface area contributed by atoms with Crippen molar-refractivity contribution >= 4 is 16.9 Å². The van der Waals surface area contributed by atoms with Crippen molar-refractivity contribution in [2.45, 2.75) is 0 Å². The average Bonchev–Trinajstić information content (AvgIpc) is 2.48. The van der Waals surface area contributed by atoms with Crippen LogP contribution in [0.2, 0.25) is 0 Å². The zero-order chi connectivity index (χ0) is 14.8. The Morgan fingerprint density at radius 1 is 1.00 bits per heavy atom. The van der Waals surface area contributed by atoms with Crippen molar-refractivity contribution in [3.05, 3.63) is 70.6 Å². The molecule has 0 fully saturated rings. The minimum atomic E-state index is -1.28. The van der Waals surface area contributed by atoms with E-state index in [1.165, 1.54) is 12.1 Å². The highest BCUT2D eigenvalue weighted by Gasteiger charge is 2.11. The third-order valence-electron chi connectivity index (χ3n) is 2.89. The van der Waals surface area contributed by atoms with E-state index < -0.39 is 11.4 Å². The van der Waals surface area contributed by atoms with E-state index in [1.807, 2.05) is 18.2 Å². The topological polar surface area (TPSA) is 76.7 Å². The molecule has 1 N–H and O–H groups in total. The highest BCUT2D eigenvalue weighted by molar-refractivity contribution is 5.87. The lowest BCUT2D eigenvalue weighted by molar-refractivity contribution is 0.0663. The zero-order valence-corrected chi connectivity index (χ0v) is 10.8. The highest BCUT2D eigenvalue weighted by Crippen LogP contribution is 2.24. The van der Waals surface area contributed by atoms with Crippen LogP contribution in [0.3, 0.4) is 0 Å². The second kappa shape index (κ2) is 5.13. The number of aromatic carboxylic acids is 1. The summed E-state index contributed by atoms with van der Waals surface area (Å²) in [5.74, 6) is -0.546. The Morgan fingerprint density at radius 2 is 1.76 bits per heavy atom. The summed E-state index contributed by atoms with van der Waals surface area (Å²) >= 11 is 0. The van der Waals surface area contributed by atoms with Gasteiger partial charge in [-0.1, -0.05) is 18.2 Å². The molecule has 0 spiro atoms. The van der Waals surface area contributed by atoms with Crippen LogP contribution in [0.1, 0.15) is 10.6 Å². The first-order valence-electron chi connectivity index (χ1n) is 6.17. The summed E-state index contributed by atoms with van der Waals surface area (Å²) in [4.78, 5) is 22.8. The predicted molar refractivity (Wildman–Crippen MR) is 76.0 cm³/mol. The summed E-state index contributed by atoms with van der Waals surface area (Å²) in [5, 5.41) is 9.13. The van der Waals surface area contributed by atoms with E-state index >= 15 is 0 Å². The van der Waals surface area contributed by atoms with E-state index in [2.05, 4.69) is 0 Å². The van der Waals surface area contributed by atoms with Crippen LogP contribution < -0.4 is 10.2 Å². The van der Waals surface area contributed by atoms with Gasteiger partial charge >= 0.3 is 5.97 Å². The minimum absolute atomic E-state index is 0.209. The summed E-state index contributed by atoms with van der Waals surface area (Å²) < 4.78 is 10.8. The number of hydrogen-bond acceptors (Lipinski definition) is 4. The number of benzene rings is 2. The van der Waals surface area contributed by atoms with Gasteiger partial charge in [0.25, 0.3) is 0 Å². The van der Waals surface area contributed by atoms with Crippen LogP contribution in [0.25, 0.3) is 11.0 Å². The lowest BCUT2D eigenvalue weighted by Crippen LogP contribution is -2.06. The number of rotatable bonds is 3. The van der Waals surface area contributed by atoms with Gasteiger partial charge in [-0.2, -0.15) is 0 Å². The molecular formula is C16H10O5. The second-order valence-corrected chi connectivity index (χ2v) is 4.35. The van der Waals surface area contributed by atoms with Crippen molar-refractivity contribution in [2.75, 3.05) is 0 Å². The molecule has 0 bridgehead atoms.